The lowest BCUT2D eigenvalue weighted by Crippen LogP contribution is -2.22. The van der Waals surface area contributed by atoms with Gasteiger partial charge in [-0.15, -0.1) is 0 Å². The molecule has 2 aliphatic carbocycles. The molecule has 2 fully saturated rings. The average molecular weight is 194 g/mol. The molecule has 0 aliphatic heterocycles. The van der Waals surface area contributed by atoms with E-state index in [0.717, 1.165) is 29.6 Å². The quantitative estimate of drug-likeness (QED) is 0.577. The van der Waals surface area contributed by atoms with Crippen molar-refractivity contribution < 1.29 is 0 Å². The van der Waals surface area contributed by atoms with Gasteiger partial charge >= 0.3 is 0 Å². The summed E-state index contributed by atoms with van der Waals surface area (Å²) >= 11 is 0. The lowest BCUT2D eigenvalue weighted by atomic mass is 9.76. The van der Waals surface area contributed by atoms with Crippen LogP contribution in [0.5, 0.6) is 0 Å². The smallest absolute Gasteiger partial charge is 0.0357 e. The van der Waals surface area contributed by atoms with Crippen molar-refractivity contribution in [2.45, 2.75) is 59.3 Å². The van der Waals surface area contributed by atoms with E-state index in [1.807, 2.05) is 0 Å². The normalized spacial score (nSPS) is 48.6. The Hall–Kier alpha value is 0. The van der Waals surface area contributed by atoms with Gasteiger partial charge < -0.3 is 0 Å². The van der Waals surface area contributed by atoms with Crippen LogP contribution in [0.1, 0.15) is 59.3 Å². The Kier molecular flexibility index (Phi) is 3.19. The Labute approximate surface area is 89.5 Å². The second-order valence-electron chi connectivity index (χ2n) is 5.82. The largest absolute Gasteiger partial charge is 0.0651 e. The van der Waals surface area contributed by atoms with Crippen LogP contribution in [0, 0.1) is 29.6 Å². The molecule has 0 bridgehead atoms. The molecule has 2 saturated carbocycles. The maximum Gasteiger partial charge on any atom is -0.0357 e. The van der Waals surface area contributed by atoms with Gasteiger partial charge in [0.25, 0.3) is 0 Å². The molecule has 0 heteroatoms. The standard InChI is InChI=1S/C14H26/c1-4-12-8-9-13-6-5-7-14(13)11(3)10(12)2/h10-14H,4-9H2,1-3H3. The number of rotatable bonds is 1. The van der Waals surface area contributed by atoms with Crippen molar-refractivity contribution in [2.75, 3.05) is 0 Å². The third-order valence-electron chi connectivity index (χ3n) is 5.40. The van der Waals surface area contributed by atoms with Crippen LogP contribution >= 0.6 is 0 Å². The van der Waals surface area contributed by atoms with E-state index >= 15 is 0 Å². The summed E-state index contributed by atoms with van der Waals surface area (Å²) in [7, 11) is 0. The SMILES string of the molecule is CCC1CCC2CCCC2C(C)C1C. The summed E-state index contributed by atoms with van der Waals surface area (Å²) in [6.45, 7) is 7.43. The van der Waals surface area contributed by atoms with E-state index in [1.54, 1.807) is 0 Å². The molecule has 5 atom stereocenters. The molecule has 0 nitrogen and oxygen atoms in total. The molecule has 82 valence electrons. The fraction of sp³-hybridized carbons (Fsp3) is 1.00. The van der Waals surface area contributed by atoms with Gasteiger partial charge in [0, 0.05) is 0 Å². The maximum atomic E-state index is 2.53. The summed E-state index contributed by atoms with van der Waals surface area (Å²) < 4.78 is 0. The summed E-state index contributed by atoms with van der Waals surface area (Å²) in [4.78, 5) is 0. The van der Waals surface area contributed by atoms with Gasteiger partial charge in [-0.25, -0.2) is 0 Å². The van der Waals surface area contributed by atoms with Gasteiger partial charge in [-0.05, 0) is 48.9 Å². The summed E-state index contributed by atoms with van der Waals surface area (Å²) in [5.74, 6) is 5.18. The topological polar surface area (TPSA) is 0 Å². The van der Waals surface area contributed by atoms with Crippen molar-refractivity contribution in [3.05, 3.63) is 0 Å². The zero-order valence-electron chi connectivity index (χ0n) is 10.1. The lowest BCUT2D eigenvalue weighted by Gasteiger charge is -2.29. The molecule has 0 aromatic rings. The van der Waals surface area contributed by atoms with Crippen molar-refractivity contribution in [1.29, 1.82) is 0 Å². The van der Waals surface area contributed by atoms with Gasteiger partial charge in [0.05, 0.1) is 0 Å². The van der Waals surface area contributed by atoms with Gasteiger partial charge in [0.15, 0.2) is 0 Å². The van der Waals surface area contributed by atoms with E-state index in [-0.39, 0.29) is 0 Å². The minimum atomic E-state index is 0.980. The second kappa shape index (κ2) is 4.24. The Morgan fingerprint density at radius 2 is 1.71 bits per heavy atom. The van der Waals surface area contributed by atoms with Crippen molar-refractivity contribution >= 4 is 0 Å². The summed E-state index contributed by atoms with van der Waals surface area (Å²) in [5.41, 5.74) is 0. The van der Waals surface area contributed by atoms with E-state index in [2.05, 4.69) is 20.8 Å². The Bertz CT molecular complexity index is 182. The van der Waals surface area contributed by atoms with Crippen LogP contribution in [0.4, 0.5) is 0 Å². The molecule has 0 N–H and O–H groups in total. The van der Waals surface area contributed by atoms with Crippen LogP contribution in [0.25, 0.3) is 0 Å². The number of hydrogen-bond acceptors (Lipinski definition) is 0. The molecule has 2 rings (SSSR count). The highest BCUT2D eigenvalue weighted by atomic mass is 14.4. The first kappa shape index (κ1) is 10.5. The third-order valence-corrected chi connectivity index (χ3v) is 5.40. The predicted octanol–water partition coefficient (Wildman–Crippen LogP) is 4.49. The number of fused-ring (bicyclic) bond motifs is 1. The van der Waals surface area contributed by atoms with Crippen LogP contribution in [0.2, 0.25) is 0 Å². The summed E-state index contributed by atoms with van der Waals surface area (Å²) in [6, 6.07) is 0. The van der Waals surface area contributed by atoms with Gasteiger partial charge in [-0.2, -0.15) is 0 Å². The van der Waals surface area contributed by atoms with Crippen LogP contribution in [-0.4, -0.2) is 0 Å². The molecule has 2 aliphatic rings. The van der Waals surface area contributed by atoms with Crippen molar-refractivity contribution in [3.63, 3.8) is 0 Å². The Morgan fingerprint density at radius 1 is 0.929 bits per heavy atom. The monoisotopic (exact) mass is 194 g/mol. The highest BCUT2D eigenvalue weighted by Gasteiger charge is 2.38. The first-order valence-electron chi connectivity index (χ1n) is 6.74. The highest BCUT2D eigenvalue weighted by Crippen LogP contribution is 2.48. The molecule has 5 unspecified atom stereocenters. The van der Waals surface area contributed by atoms with Crippen molar-refractivity contribution in [2.24, 2.45) is 29.6 Å². The molecule has 0 heterocycles. The Balaban J connectivity index is 2.10. The number of hydrogen-bond donors (Lipinski definition) is 0. The van der Waals surface area contributed by atoms with E-state index in [1.165, 1.54) is 38.5 Å². The first-order valence-corrected chi connectivity index (χ1v) is 6.74. The average Bonchev–Trinajstić information content (AvgIpc) is 2.61. The van der Waals surface area contributed by atoms with Crippen LogP contribution < -0.4 is 0 Å². The highest BCUT2D eigenvalue weighted by molar-refractivity contribution is 4.88. The third kappa shape index (κ3) is 1.73. The van der Waals surface area contributed by atoms with E-state index in [9.17, 15) is 0 Å². The molecular weight excluding hydrogens is 168 g/mol. The van der Waals surface area contributed by atoms with Crippen molar-refractivity contribution in [3.8, 4) is 0 Å². The van der Waals surface area contributed by atoms with E-state index < -0.39 is 0 Å². The molecular formula is C14H26. The lowest BCUT2D eigenvalue weighted by molar-refractivity contribution is 0.195. The molecule has 0 amide bonds. The van der Waals surface area contributed by atoms with E-state index in [4.69, 9.17) is 0 Å². The molecule has 0 aromatic heterocycles. The van der Waals surface area contributed by atoms with Gasteiger partial charge in [0.2, 0.25) is 0 Å². The molecule has 0 aromatic carbocycles. The predicted molar refractivity (Wildman–Crippen MR) is 62.2 cm³/mol. The second-order valence-corrected chi connectivity index (χ2v) is 5.82. The van der Waals surface area contributed by atoms with Gasteiger partial charge in [-0.1, -0.05) is 40.0 Å². The fourth-order valence-corrected chi connectivity index (χ4v) is 4.20. The molecule has 0 saturated heterocycles. The van der Waals surface area contributed by atoms with Crippen LogP contribution in [0.3, 0.4) is 0 Å². The Morgan fingerprint density at radius 3 is 2.43 bits per heavy atom. The van der Waals surface area contributed by atoms with Crippen LogP contribution in [0.15, 0.2) is 0 Å². The minimum absolute atomic E-state index is 0.980. The van der Waals surface area contributed by atoms with Crippen molar-refractivity contribution in [1.82, 2.24) is 0 Å². The summed E-state index contributed by atoms with van der Waals surface area (Å²) in [5, 5.41) is 0. The van der Waals surface area contributed by atoms with Gasteiger partial charge in [-0.3, -0.25) is 0 Å². The van der Waals surface area contributed by atoms with E-state index in [0.29, 0.717) is 0 Å². The zero-order chi connectivity index (χ0) is 10.1. The molecule has 0 radical (unpaired) electrons. The maximum absolute atomic E-state index is 2.53. The zero-order valence-corrected chi connectivity index (χ0v) is 10.1. The van der Waals surface area contributed by atoms with Crippen LogP contribution in [-0.2, 0) is 0 Å². The molecule has 0 spiro atoms. The van der Waals surface area contributed by atoms with Gasteiger partial charge in [0.1, 0.15) is 0 Å². The minimum Gasteiger partial charge on any atom is -0.0651 e. The summed E-state index contributed by atoms with van der Waals surface area (Å²) in [6.07, 6.45) is 9.06. The fourth-order valence-electron chi connectivity index (χ4n) is 4.20. The first-order chi connectivity index (χ1) is 6.74. The molecule has 14 heavy (non-hydrogen) atoms.